The highest BCUT2D eigenvalue weighted by Gasteiger charge is 2.19. The molecule has 6 nitrogen and oxygen atoms in total. The molecule has 1 N–H and O–H groups in total. The van der Waals surface area contributed by atoms with Gasteiger partial charge in [-0.15, -0.1) is 0 Å². The lowest BCUT2D eigenvalue weighted by atomic mass is 10.0. The molecule has 3 aromatic carbocycles. The summed E-state index contributed by atoms with van der Waals surface area (Å²) < 4.78 is 24.5. The lowest BCUT2D eigenvalue weighted by Gasteiger charge is -2.12. The van der Waals surface area contributed by atoms with Gasteiger partial charge in [0.25, 0.3) is 5.91 Å². The number of ether oxygens (including phenoxy) is 2. The first-order valence-electron chi connectivity index (χ1n) is 10.0. The van der Waals surface area contributed by atoms with Crippen molar-refractivity contribution in [3.05, 3.63) is 95.3 Å². The second-order valence-electron chi connectivity index (χ2n) is 6.76. The van der Waals surface area contributed by atoms with Crippen molar-refractivity contribution in [3.63, 3.8) is 0 Å². The summed E-state index contributed by atoms with van der Waals surface area (Å²) >= 11 is 0. The quantitative estimate of drug-likeness (QED) is 0.398. The third-order valence-electron chi connectivity index (χ3n) is 4.49. The van der Waals surface area contributed by atoms with E-state index in [4.69, 9.17) is 9.47 Å². The predicted octanol–water partition coefficient (Wildman–Crippen LogP) is 4.56. The van der Waals surface area contributed by atoms with Crippen LogP contribution < -0.4 is 14.9 Å². The molecule has 7 heteroatoms. The van der Waals surface area contributed by atoms with E-state index in [0.29, 0.717) is 29.2 Å². The largest absolute Gasteiger partial charge is 0.490 e. The van der Waals surface area contributed by atoms with E-state index in [1.807, 2.05) is 19.1 Å². The summed E-state index contributed by atoms with van der Waals surface area (Å²) in [5.41, 5.74) is 4.51. The van der Waals surface area contributed by atoms with Crippen LogP contribution in [0, 0.1) is 17.1 Å². The molecule has 0 spiro atoms. The van der Waals surface area contributed by atoms with Crippen LogP contribution >= 0.6 is 0 Å². The number of halogens is 1. The average molecular weight is 431 g/mol. The Kier molecular flexibility index (Phi) is 7.93. The van der Waals surface area contributed by atoms with Gasteiger partial charge in [-0.2, -0.15) is 10.4 Å². The van der Waals surface area contributed by atoms with Crippen LogP contribution in [0.3, 0.4) is 0 Å². The fraction of sp³-hybridized carbons (Fsp3) is 0.160. The van der Waals surface area contributed by atoms with Crippen LogP contribution in [-0.4, -0.2) is 18.7 Å². The monoisotopic (exact) mass is 431 g/mol. The van der Waals surface area contributed by atoms with E-state index in [-0.39, 0.29) is 12.4 Å². The third kappa shape index (κ3) is 6.16. The van der Waals surface area contributed by atoms with Gasteiger partial charge in [0.2, 0.25) is 0 Å². The molecule has 1 amide bonds. The minimum Gasteiger partial charge on any atom is -0.490 e. The summed E-state index contributed by atoms with van der Waals surface area (Å²) in [6.07, 6.45) is 1.46. The SMILES string of the molecule is CCOc1cc(/C=N\NC(=O)[C@@H](C#N)c2ccccc2)ccc1OCc1ccc(F)cc1. The van der Waals surface area contributed by atoms with Crippen molar-refractivity contribution in [2.45, 2.75) is 19.4 Å². The molecule has 0 aliphatic rings. The van der Waals surface area contributed by atoms with Crippen LogP contribution in [0.1, 0.15) is 29.5 Å². The molecule has 3 rings (SSSR count). The summed E-state index contributed by atoms with van der Waals surface area (Å²) in [6, 6.07) is 22.1. The van der Waals surface area contributed by atoms with Gasteiger partial charge in [-0.3, -0.25) is 4.79 Å². The fourth-order valence-corrected chi connectivity index (χ4v) is 2.90. The molecule has 32 heavy (non-hydrogen) atoms. The second kappa shape index (κ2) is 11.3. The maximum absolute atomic E-state index is 13.0. The number of nitrogens with one attached hydrogen (secondary N) is 1. The van der Waals surface area contributed by atoms with Crippen molar-refractivity contribution in [3.8, 4) is 17.6 Å². The number of nitrogens with zero attached hydrogens (tertiary/aromatic N) is 2. The summed E-state index contributed by atoms with van der Waals surface area (Å²) in [4.78, 5) is 12.3. The van der Waals surface area contributed by atoms with Crippen LogP contribution in [0.4, 0.5) is 4.39 Å². The fourth-order valence-electron chi connectivity index (χ4n) is 2.90. The first-order valence-corrected chi connectivity index (χ1v) is 10.0. The third-order valence-corrected chi connectivity index (χ3v) is 4.49. The van der Waals surface area contributed by atoms with Crippen LogP contribution in [0.25, 0.3) is 0 Å². The number of carbonyl (C=O) groups excluding carboxylic acids is 1. The number of rotatable bonds is 9. The normalized spacial score (nSPS) is 11.5. The number of carbonyl (C=O) groups is 1. The zero-order valence-corrected chi connectivity index (χ0v) is 17.5. The summed E-state index contributed by atoms with van der Waals surface area (Å²) in [5.74, 6) is -0.715. The number of hydrazone groups is 1. The van der Waals surface area contributed by atoms with Gasteiger partial charge >= 0.3 is 0 Å². The van der Waals surface area contributed by atoms with Crippen molar-refractivity contribution >= 4 is 12.1 Å². The molecule has 3 aromatic rings. The molecule has 0 heterocycles. The van der Waals surface area contributed by atoms with E-state index in [1.165, 1.54) is 18.3 Å². The highest BCUT2D eigenvalue weighted by atomic mass is 19.1. The topological polar surface area (TPSA) is 83.7 Å². The first kappa shape index (κ1) is 22.5. The molecule has 0 aliphatic heterocycles. The Labute approximate surface area is 185 Å². The van der Waals surface area contributed by atoms with Crippen LogP contribution in [0.5, 0.6) is 11.5 Å². The Balaban J connectivity index is 1.65. The predicted molar refractivity (Wildman–Crippen MR) is 119 cm³/mol. The van der Waals surface area contributed by atoms with Crippen molar-refractivity contribution < 1.29 is 18.7 Å². The van der Waals surface area contributed by atoms with Gasteiger partial charge in [-0.1, -0.05) is 42.5 Å². The van der Waals surface area contributed by atoms with Gasteiger partial charge < -0.3 is 9.47 Å². The van der Waals surface area contributed by atoms with Gasteiger partial charge in [0.05, 0.1) is 18.9 Å². The summed E-state index contributed by atoms with van der Waals surface area (Å²) in [6.45, 7) is 2.56. The molecule has 0 aromatic heterocycles. The van der Waals surface area contributed by atoms with Crippen LogP contribution in [0.15, 0.2) is 77.9 Å². The van der Waals surface area contributed by atoms with Gasteiger partial charge in [-0.25, -0.2) is 9.82 Å². The standard InChI is InChI=1S/C25H22FN3O3/c1-2-31-24-14-19(10-13-23(24)32-17-18-8-11-21(26)12-9-18)16-28-29-25(30)22(15-27)20-6-4-3-5-7-20/h3-14,16,22H,2,17H2,1H3,(H,29,30)/b28-16-/t22-/m0/s1. The molecule has 0 fully saturated rings. The lowest BCUT2D eigenvalue weighted by molar-refractivity contribution is -0.121. The highest BCUT2D eigenvalue weighted by Crippen LogP contribution is 2.29. The Bertz CT molecular complexity index is 1110. The number of benzene rings is 3. The van der Waals surface area contributed by atoms with E-state index >= 15 is 0 Å². The highest BCUT2D eigenvalue weighted by molar-refractivity contribution is 5.88. The zero-order valence-electron chi connectivity index (χ0n) is 17.5. The van der Waals surface area contributed by atoms with Crippen molar-refractivity contribution in [2.75, 3.05) is 6.61 Å². The van der Waals surface area contributed by atoms with Crippen molar-refractivity contribution in [1.29, 1.82) is 5.26 Å². The summed E-state index contributed by atoms with van der Waals surface area (Å²) in [7, 11) is 0. The Morgan fingerprint density at radius 3 is 2.53 bits per heavy atom. The molecular weight excluding hydrogens is 409 g/mol. The van der Waals surface area contributed by atoms with E-state index in [0.717, 1.165) is 5.56 Å². The molecule has 0 saturated heterocycles. The number of nitriles is 1. The molecule has 0 bridgehead atoms. The molecule has 0 radical (unpaired) electrons. The second-order valence-corrected chi connectivity index (χ2v) is 6.76. The minimum atomic E-state index is -0.949. The smallest absolute Gasteiger partial charge is 0.261 e. The van der Waals surface area contributed by atoms with E-state index in [2.05, 4.69) is 10.5 Å². The summed E-state index contributed by atoms with van der Waals surface area (Å²) in [5, 5.41) is 13.3. The Morgan fingerprint density at radius 1 is 1.09 bits per heavy atom. The number of hydrogen-bond donors (Lipinski definition) is 1. The molecule has 0 saturated carbocycles. The molecule has 0 aliphatic carbocycles. The number of amides is 1. The Morgan fingerprint density at radius 2 is 1.84 bits per heavy atom. The Hall–Kier alpha value is -4.18. The van der Waals surface area contributed by atoms with Gasteiger partial charge in [-0.05, 0) is 53.9 Å². The van der Waals surface area contributed by atoms with Gasteiger partial charge in [0.15, 0.2) is 17.4 Å². The van der Waals surface area contributed by atoms with Crippen molar-refractivity contribution in [2.24, 2.45) is 5.10 Å². The van der Waals surface area contributed by atoms with Crippen LogP contribution in [0.2, 0.25) is 0 Å². The molecule has 1 atom stereocenters. The van der Waals surface area contributed by atoms with Crippen molar-refractivity contribution in [1.82, 2.24) is 5.43 Å². The van der Waals surface area contributed by atoms with Crippen LogP contribution in [-0.2, 0) is 11.4 Å². The zero-order chi connectivity index (χ0) is 22.8. The van der Waals surface area contributed by atoms with E-state index in [9.17, 15) is 14.4 Å². The van der Waals surface area contributed by atoms with E-state index < -0.39 is 11.8 Å². The molecule has 0 unspecified atom stereocenters. The maximum Gasteiger partial charge on any atom is 0.261 e. The van der Waals surface area contributed by atoms with E-state index in [1.54, 1.807) is 54.6 Å². The molecule has 162 valence electrons. The van der Waals surface area contributed by atoms with Gasteiger partial charge in [0, 0.05) is 0 Å². The van der Waals surface area contributed by atoms with Gasteiger partial charge in [0.1, 0.15) is 12.4 Å². The average Bonchev–Trinajstić information content (AvgIpc) is 2.81. The maximum atomic E-state index is 13.0. The number of hydrogen-bond acceptors (Lipinski definition) is 5. The first-order chi connectivity index (χ1) is 15.6. The molecular formula is C25H22FN3O3. The lowest BCUT2D eigenvalue weighted by Crippen LogP contribution is -2.24. The minimum absolute atomic E-state index is 0.263.